The van der Waals surface area contributed by atoms with E-state index in [4.69, 9.17) is 10.8 Å². The Hall–Kier alpha value is -1.62. The summed E-state index contributed by atoms with van der Waals surface area (Å²) in [4.78, 5) is 9.70. The van der Waals surface area contributed by atoms with Crippen LogP contribution in [0.3, 0.4) is 0 Å². The monoisotopic (exact) mass is 194 g/mol. The standard InChI is InChI=1S/C9H14N4O/c1-2-5-13(6-7-14)8-3-4-11-9(10)12-8/h2-4,14H,1,5-7H2,(H2,10,11,12). The largest absolute Gasteiger partial charge is 0.395 e. The Morgan fingerprint density at radius 3 is 3.00 bits per heavy atom. The first kappa shape index (κ1) is 10.5. The maximum Gasteiger partial charge on any atom is 0.221 e. The summed E-state index contributed by atoms with van der Waals surface area (Å²) in [7, 11) is 0. The average Bonchev–Trinajstić information content (AvgIpc) is 2.17. The first-order valence-electron chi connectivity index (χ1n) is 4.33. The van der Waals surface area contributed by atoms with Gasteiger partial charge in [-0.15, -0.1) is 6.58 Å². The van der Waals surface area contributed by atoms with Gasteiger partial charge < -0.3 is 15.7 Å². The SMILES string of the molecule is C=CCN(CCO)c1ccnc(N)n1. The number of aromatic nitrogens is 2. The first-order chi connectivity index (χ1) is 6.77. The molecule has 5 heteroatoms. The van der Waals surface area contributed by atoms with Crippen LogP contribution >= 0.6 is 0 Å². The van der Waals surface area contributed by atoms with Gasteiger partial charge in [0.2, 0.25) is 5.95 Å². The molecule has 1 heterocycles. The highest BCUT2D eigenvalue weighted by atomic mass is 16.3. The van der Waals surface area contributed by atoms with Crippen LogP contribution in [0.2, 0.25) is 0 Å². The minimum atomic E-state index is 0.0672. The van der Waals surface area contributed by atoms with Crippen LogP contribution in [0.4, 0.5) is 11.8 Å². The number of anilines is 2. The summed E-state index contributed by atoms with van der Waals surface area (Å²) in [6.45, 7) is 4.82. The van der Waals surface area contributed by atoms with Gasteiger partial charge >= 0.3 is 0 Å². The van der Waals surface area contributed by atoms with Crippen molar-refractivity contribution in [3.05, 3.63) is 24.9 Å². The van der Waals surface area contributed by atoms with Gasteiger partial charge in [-0.2, -0.15) is 4.98 Å². The molecule has 14 heavy (non-hydrogen) atoms. The molecule has 0 aromatic carbocycles. The average molecular weight is 194 g/mol. The van der Waals surface area contributed by atoms with E-state index in [0.717, 1.165) is 0 Å². The molecular formula is C9H14N4O. The molecule has 1 aromatic rings. The van der Waals surface area contributed by atoms with Crippen LogP contribution in [-0.4, -0.2) is 34.8 Å². The van der Waals surface area contributed by atoms with E-state index in [-0.39, 0.29) is 12.6 Å². The number of aliphatic hydroxyl groups excluding tert-OH is 1. The number of aliphatic hydroxyl groups is 1. The predicted molar refractivity (Wildman–Crippen MR) is 55.9 cm³/mol. The molecule has 1 aromatic heterocycles. The molecule has 0 radical (unpaired) electrons. The maximum absolute atomic E-state index is 8.84. The van der Waals surface area contributed by atoms with Crippen LogP contribution in [0.25, 0.3) is 0 Å². The molecule has 76 valence electrons. The van der Waals surface area contributed by atoms with Crippen molar-refractivity contribution in [1.29, 1.82) is 0 Å². The second-order valence-corrected chi connectivity index (χ2v) is 2.73. The van der Waals surface area contributed by atoms with Crippen molar-refractivity contribution in [3.8, 4) is 0 Å². The molecule has 0 spiro atoms. The van der Waals surface area contributed by atoms with Crippen molar-refractivity contribution in [3.63, 3.8) is 0 Å². The van der Waals surface area contributed by atoms with E-state index in [2.05, 4.69) is 16.5 Å². The highest BCUT2D eigenvalue weighted by molar-refractivity contribution is 5.41. The fourth-order valence-corrected chi connectivity index (χ4v) is 1.12. The molecule has 0 aliphatic heterocycles. The molecule has 0 bridgehead atoms. The molecule has 0 saturated carbocycles. The summed E-state index contributed by atoms with van der Waals surface area (Å²) in [6.07, 6.45) is 3.33. The van der Waals surface area contributed by atoms with Crippen LogP contribution in [0.1, 0.15) is 0 Å². The molecule has 0 aliphatic rings. The molecule has 0 amide bonds. The minimum absolute atomic E-state index is 0.0672. The second kappa shape index (κ2) is 5.18. The number of hydrogen-bond donors (Lipinski definition) is 2. The smallest absolute Gasteiger partial charge is 0.221 e. The molecule has 0 unspecified atom stereocenters. The number of nitrogens with zero attached hydrogens (tertiary/aromatic N) is 3. The summed E-state index contributed by atoms with van der Waals surface area (Å²) in [6, 6.07) is 1.75. The van der Waals surface area contributed by atoms with Crippen molar-refractivity contribution >= 4 is 11.8 Å². The lowest BCUT2D eigenvalue weighted by Crippen LogP contribution is -2.27. The fourth-order valence-electron chi connectivity index (χ4n) is 1.12. The van der Waals surface area contributed by atoms with E-state index in [9.17, 15) is 0 Å². The normalized spacial score (nSPS) is 9.79. The van der Waals surface area contributed by atoms with Crippen LogP contribution in [0, 0.1) is 0 Å². The van der Waals surface area contributed by atoms with Crippen molar-refractivity contribution in [2.45, 2.75) is 0 Å². The van der Waals surface area contributed by atoms with Gasteiger partial charge in [-0.1, -0.05) is 6.08 Å². The van der Waals surface area contributed by atoms with Gasteiger partial charge in [0.25, 0.3) is 0 Å². The second-order valence-electron chi connectivity index (χ2n) is 2.73. The minimum Gasteiger partial charge on any atom is -0.395 e. The lowest BCUT2D eigenvalue weighted by atomic mass is 10.4. The predicted octanol–water partition coefficient (Wildman–Crippen LogP) is 0.0435. The number of nitrogen functional groups attached to an aromatic ring is 1. The summed E-state index contributed by atoms with van der Waals surface area (Å²) in [5.74, 6) is 0.931. The number of nitrogens with two attached hydrogens (primary N) is 1. The summed E-state index contributed by atoms with van der Waals surface area (Å²) < 4.78 is 0. The zero-order chi connectivity index (χ0) is 10.4. The van der Waals surface area contributed by atoms with E-state index in [1.807, 2.05) is 4.90 Å². The van der Waals surface area contributed by atoms with Crippen molar-refractivity contribution in [2.75, 3.05) is 30.3 Å². The van der Waals surface area contributed by atoms with Gasteiger partial charge in [-0.25, -0.2) is 4.98 Å². The third kappa shape index (κ3) is 2.70. The van der Waals surface area contributed by atoms with Gasteiger partial charge in [0.1, 0.15) is 5.82 Å². The highest BCUT2D eigenvalue weighted by Crippen LogP contribution is 2.09. The van der Waals surface area contributed by atoms with Crippen LogP contribution < -0.4 is 10.6 Å². The topological polar surface area (TPSA) is 75.3 Å². The Morgan fingerprint density at radius 2 is 2.43 bits per heavy atom. The van der Waals surface area contributed by atoms with Crippen LogP contribution in [0.5, 0.6) is 0 Å². The zero-order valence-corrected chi connectivity index (χ0v) is 7.93. The highest BCUT2D eigenvalue weighted by Gasteiger charge is 2.05. The third-order valence-electron chi connectivity index (χ3n) is 1.70. The number of hydrogen-bond acceptors (Lipinski definition) is 5. The van der Waals surface area contributed by atoms with E-state index in [0.29, 0.717) is 18.9 Å². The number of rotatable bonds is 5. The Morgan fingerprint density at radius 1 is 1.64 bits per heavy atom. The Balaban J connectivity index is 2.80. The van der Waals surface area contributed by atoms with Crippen LogP contribution in [0.15, 0.2) is 24.9 Å². The lowest BCUT2D eigenvalue weighted by molar-refractivity contribution is 0.302. The Bertz CT molecular complexity index is 303. The van der Waals surface area contributed by atoms with Crippen LogP contribution in [-0.2, 0) is 0 Å². The molecule has 0 aliphatic carbocycles. The fraction of sp³-hybridized carbons (Fsp3) is 0.333. The van der Waals surface area contributed by atoms with Gasteiger partial charge in [0.15, 0.2) is 0 Å². The van der Waals surface area contributed by atoms with E-state index < -0.39 is 0 Å². The molecule has 5 nitrogen and oxygen atoms in total. The molecule has 1 rings (SSSR count). The summed E-state index contributed by atoms with van der Waals surface area (Å²) in [5, 5.41) is 8.84. The Kier molecular flexibility index (Phi) is 3.87. The first-order valence-corrected chi connectivity index (χ1v) is 4.33. The maximum atomic E-state index is 8.84. The van der Waals surface area contributed by atoms with Gasteiger partial charge in [0, 0.05) is 19.3 Å². The zero-order valence-electron chi connectivity index (χ0n) is 7.93. The quantitative estimate of drug-likeness (QED) is 0.647. The van der Waals surface area contributed by atoms with Gasteiger partial charge in [-0.3, -0.25) is 0 Å². The van der Waals surface area contributed by atoms with Crippen molar-refractivity contribution in [1.82, 2.24) is 9.97 Å². The Labute approximate surface area is 82.9 Å². The molecule has 0 atom stereocenters. The molecule has 0 saturated heterocycles. The van der Waals surface area contributed by atoms with E-state index >= 15 is 0 Å². The van der Waals surface area contributed by atoms with E-state index in [1.54, 1.807) is 18.3 Å². The van der Waals surface area contributed by atoms with Crippen molar-refractivity contribution < 1.29 is 5.11 Å². The van der Waals surface area contributed by atoms with E-state index in [1.165, 1.54) is 0 Å². The summed E-state index contributed by atoms with van der Waals surface area (Å²) in [5.41, 5.74) is 5.45. The summed E-state index contributed by atoms with van der Waals surface area (Å²) >= 11 is 0. The molecule has 3 N–H and O–H groups in total. The van der Waals surface area contributed by atoms with Crippen molar-refractivity contribution in [2.24, 2.45) is 0 Å². The van der Waals surface area contributed by atoms with Gasteiger partial charge in [-0.05, 0) is 6.07 Å². The third-order valence-corrected chi connectivity index (χ3v) is 1.70. The van der Waals surface area contributed by atoms with Gasteiger partial charge in [0.05, 0.1) is 6.61 Å². The molecular weight excluding hydrogens is 180 g/mol. The molecule has 0 fully saturated rings. The lowest BCUT2D eigenvalue weighted by Gasteiger charge is -2.20.